The number of rotatable bonds is 12. The van der Waals surface area contributed by atoms with E-state index in [0.717, 1.165) is 6.42 Å². The average molecular weight is 360 g/mol. The Kier molecular flexibility index (Phi) is 14.9. The molecule has 0 heterocycles. The van der Waals surface area contributed by atoms with E-state index in [-0.39, 0.29) is 47.8 Å². The van der Waals surface area contributed by atoms with Crippen molar-refractivity contribution in [2.45, 2.75) is 83.3 Å². The van der Waals surface area contributed by atoms with Crippen molar-refractivity contribution in [3.05, 3.63) is 24.3 Å². The van der Waals surface area contributed by atoms with Gasteiger partial charge in [0.25, 0.3) is 0 Å². The molecule has 1 aliphatic rings. The molecule has 0 aromatic rings. The summed E-state index contributed by atoms with van der Waals surface area (Å²) in [4.78, 5) is 10.3. The van der Waals surface area contributed by atoms with Crippen LogP contribution >= 0.6 is 0 Å². The molecule has 5 heteroatoms. The van der Waals surface area contributed by atoms with Gasteiger partial charge in [-0.25, -0.2) is 0 Å². The van der Waals surface area contributed by atoms with Crippen LogP contribution in [0.15, 0.2) is 24.3 Å². The van der Waals surface area contributed by atoms with Gasteiger partial charge in [0.15, 0.2) is 0 Å². The smallest absolute Gasteiger partial charge is 0.550 e. The van der Waals surface area contributed by atoms with Crippen LogP contribution in [0.4, 0.5) is 0 Å². The summed E-state index contributed by atoms with van der Waals surface area (Å²) in [6.07, 6.45) is 15.7. The molecular weight excluding hydrogens is 327 g/mol. The number of hydrogen-bond acceptors (Lipinski definition) is 4. The number of carboxylic acids is 1. The molecule has 0 aromatic carbocycles. The number of aliphatic hydroxyl groups excluding tert-OH is 2. The van der Waals surface area contributed by atoms with Gasteiger partial charge in [0, 0.05) is 18.3 Å². The minimum Gasteiger partial charge on any atom is -0.550 e. The quantitative estimate of drug-likeness (QED) is 0.286. The third-order valence-corrected chi connectivity index (χ3v) is 4.83. The van der Waals surface area contributed by atoms with E-state index < -0.39 is 18.2 Å². The largest absolute Gasteiger partial charge is 1.00 e. The Labute approximate surface area is 174 Å². The third kappa shape index (κ3) is 10.6. The maximum atomic E-state index is 10.3. The first kappa shape index (κ1) is 24.9. The van der Waals surface area contributed by atoms with Crippen LogP contribution in [-0.2, 0) is 4.79 Å². The van der Waals surface area contributed by atoms with Crippen molar-refractivity contribution < 1.29 is 49.7 Å². The average Bonchev–Trinajstić information content (AvgIpc) is 2.80. The van der Waals surface area contributed by atoms with E-state index in [0.29, 0.717) is 25.7 Å². The van der Waals surface area contributed by atoms with Gasteiger partial charge in [-0.2, -0.15) is 0 Å². The second kappa shape index (κ2) is 15.0. The molecule has 0 radical (unpaired) electrons. The molecule has 0 bridgehead atoms. The standard InChI is InChI=1S/C20H34O4.Na/c1-2-3-4-5-6-9-12-16-17(19(22)15-18(16)21)13-10-7-8-11-14-20(23)24;/h7,9-10,12,16-19,21-22H,2-6,8,11,13-15H2,1H3,(H,23,24);/q;+1/p-1/b10-7+,12-9+;/t16-,17-,18-,19+;/m1./s1. The Morgan fingerprint density at radius 3 is 2.44 bits per heavy atom. The fourth-order valence-electron chi connectivity index (χ4n) is 3.38. The van der Waals surface area contributed by atoms with Crippen LogP contribution < -0.4 is 34.7 Å². The zero-order valence-corrected chi connectivity index (χ0v) is 17.9. The maximum absolute atomic E-state index is 10.3. The minimum absolute atomic E-state index is 0. The number of carbonyl (C=O) groups excluding carboxylic acids is 1. The van der Waals surface area contributed by atoms with Gasteiger partial charge in [-0.3, -0.25) is 0 Å². The van der Waals surface area contributed by atoms with Gasteiger partial charge in [-0.1, -0.05) is 50.5 Å². The summed E-state index contributed by atoms with van der Waals surface area (Å²) in [5.41, 5.74) is 0. The third-order valence-electron chi connectivity index (χ3n) is 4.83. The normalized spacial score (nSPS) is 26.4. The van der Waals surface area contributed by atoms with Crippen LogP contribution in [0.3, 0.4) is 0 Å². The second-order valence-corrected chi connectivity index (χ2v) is 6.86. The van der Waals surface area contributed by atoms with E-state index in [1.54, 1.807) is 0 Å². The van der Waals surface area contributed by atoms with Crippen molar-refractivity contribution in [3.8, 4) is 0 Å². The Morgan fingerprint density at radius 2 is 1.76 bits per heavy atom. The Bertz CT molecular complexity index is 409. The second-order valence-electron chi connectivity index (χ2n) is 6.86. The molecule has 2 N–H and O–H groups in total. The molecule has 0 saturated heterocycles. The summed E-state index contributed by atoms with van der Waals surface area (Å²) in [6.45, 7) is 2.20. The monoisotopic (exact) mass is 360 g/mol. The summed E-state index contributed by atoms with van der Waals surface area (Å²) < 4.78 is 0. The SMILES string of the molecule is CCCCCC/C=C/[C@@H]1[C@@H](C/C=C/CCCC(=O)[O-])[C@@H](O)C[C@H]1O.[Na+]. The summed E-state index contributed by atoms with van der Waals surface area (Å²) in [5.74, 6) is -0.954. The van der Waals surface area contributed by atoms with Gasteiger partial charge in [0.05, 0.1) is 12.2 Å². The van der Waals surface area contributed by atoms with Crippen molar-refractivity contribution in [1.82, 2.24) is 0 Å². The fourth-order valence-corrected chi connectivity index (χ4v) is 3.38. The molecule has 25 heavy (non-hydrogen) atoms. The molecule has 0 unspecified atom stereocenters. The predicted octanol–water partition coefficient (Wildman–Crippen LogP) is -0.259. The molecule has 4 atom stereocenters. The Balaban J connectivity index is 0.00000576. The van der Waals surface area contributed by atoms with E-state index in [1.165, 1.54) is 25.7 Å². The summed E-state index contributed by atoms with van der Waals surface area (Å²) in [7, 11) is 0. The van der Waals surface area contributed by atoms with Gasteiger partial charge in [-0.05, 0) is 44.4 Å². The van der Waals surface area contributed by atoms with Crippen molar-refractivity contribution in [2.75, 3.05) is 0 Å². The topological polar surface area (TPSA) is 80.6 Å². The molecular formula is C20H33NaO4. The summed E-state index contributed by atoms with van der Waals surface area (Å²) in [5, 5.41) is 30.7. The first-order chi connectivity index (χ1) is 11.6. The fraction of sp³-hybridized carbons (Fsp3) is 0.750. The van der Waals surface area contributed by atoms with Crippen LogP contribution in [0.5, 0.6) is 0 Å². The van der Waals surface area contributed by atoms with E-state index in [2.05, 4.69) is 19.1 Å². The van der Waals surface area contributed by atoms with Crippen molar-refractivity contribution >= 4 is 5.97 Å². The molecule has 1 fully saturated rings. The zero-order chi connectivity index (χ0) is 17.8. The molecule has 0 spiro atoms. The predicted molar refractivity (Wildman–Crippen MR) is 94.1 cm³/mol. The van der Waals surface area contributed by atoms with Crippen molar-refractivity contribution in [1.29, 1.82) is 0 Å². The molecule has 1 rings (SSSR count). The van der Waals surface area contributed by atoms with Gasteiger partial charge in [0.2, 0.25) is 0 Å². The van der Waals surface area contributed by atoms with Crippen LogP contribution in [0.2, 0.25) is 0 Å². The summed E-state index contributed by atoms with van der Waals surface area (Å²) in [6, 6.07) is 0. The van der Waals surface area contributed by atoms with E-state index in [4.69, 9.17) is 0 Å². The molecule has 0 aromatic heterocycles. The van der Waals surface area contributed by atoms with E-state index >= 15 is 0 Å². The zero-order valence-electron chi connectivity index (χ0n) is 15.9. The van der Waals surface area contributed by atoms with Gasteiger partial charge in [-0.15, -0.1) is 0 Å². The maximum Gasteiger partial charge on any atom is 1.00 e. The van der Waals surface area contributed by atoms with Crippen LogP contribution in [0, 0.1) is 11.8 Å². The minimum atomic E-state index is -1.01. The number of hydrogen-bond donors (Lipinski definition) is 2. The number of unbranched alkanes of at least 4 members (excludes halogenated alkanes) is 5. The van der Waals surface area contributed by atoms with Crippen LogP contribution in [-0.4, -0.2) is 28.4 Å². The first-order valence-electron chi connectivity index (χ1n) is 9.43. The number of aliphatic carboxylic acids is 1. The first-order valence-corrected chi connectivity index (χ1v) is 9.43. The van der Waals surface area contributed by atoms with Gasteiger partial charge < -0.3 is 20.1 Å². The van der Waals surface area contributed by atoms with Crippen LogP contribution in [0.1, 0.15) is 71.1 Å². The number of carboxylic acid groups (broad SMARTS) is 1. The van der Waals surface area contributed by atoms with Gasteiger partial charge in [0.1, 0.15) is 0 Å². The van der Waals surface area contributed by atoms with Crippen molar-refractivity contribution in [2.24, 2.45) is 11.8 Å². The number of allylic oxidation sites excluding steroid dienone is 3. The van der Waals surface area contributed by atoms with E-state index in [9.17, 15) is 20.1 Å². The summed E-state index contributed by atoms with van der Waals surface area (Å²) >= 11 is 0. The molecule has 0 aliphatic heterocycles. The molecule has 1 saturated carbocycles. The van der Waals surface area contributed by atoms with E-state index in [1.807, 2.05) is 12.2 Å². The van der Waals surface area contributed by atoms with Crippen LogP contribution in [0.25, 0.3) is 0 Å². The molecule has 1 aliphatic carbocycles. The van der Waals surface area contributed by atoms with Gasteiger partial charge >= 0.3 is 29.6 Å². The van der Waals surface area contributed by atoms with Crippen molar-refractivity contribution in [3.63, 3.8) is 0 Å². The molecule has 0 amide bonds. The number of aliphatic hydroxyl groups is 2. The number of carbonyl (C=O) groups is 1. The molecule has 138 valence electrons. The molecule has 4 nitrogen and oxygen atoms in total. The Hall–Kier alpha value is -0.130. The Morgan fingerprint density at radius 1 is 1.04 bits per heavy atom.